The van der Waals surface area contributed by atoms with E-state index in [1.807, 2.05) is 40.7 Å². The topological polar surface area (TPSA) is 44.2 Å². The van der Waals surface area contributed by atoms with E-state index < -0.39 is 0 Å². The van der Waals surface area contributed by atoms with Gasteiger partial charge in [-0.05, 0) is 40.1 Å². The number of hydrogen-bond donors (Lipinski definition) is 1. The van der Waals surface area contributed by atoms with Crippen molar-refractivity contribution in [3.63, 3.8) is 0 Å². The highest BCUT2D eigenvalue weighted by molar-refractivity contribution is 7.80. The van der Waals surface area contributed by atoms with Crippen LogP contribution >= 0.6 is 12.6 Å². The van der Waals surface area contributed by atoms with Crippen LogP contribution in [0.2, 0.25) is 0 Å². The predicted octanol–water partition coefficient (Wildman–Crippen LogP) is 2.73. The minimum absolute atomic E-state index is 0.344. The molecule has 2 heterocycles. The third-order valence-electron chi connectivity index (χ3n) is 3.89. The van der Waals surface area contributed by atoms with Crippen molar-refractivity contribution in [2.45, 2.75) is 45.8 Å². The third-order valence-corrected chi connectivity index (χ3v) is 4.26. The fourth-order valence-electron chi connectivity index (χ4n) is 1.87. The molecule has 20 heavy (non-hydrogen) atoms. The summed E-state index contributed by atoms with van der Waals surface area (Å²) < 4.78 is 12.1. The molecule has 1 aromatic heterocycles. The zero-order valence-corrected chi connectivity index (χ0v) is 13.6. The first-order valence-electron chi connectivity index (χ1n) is 6.71. The van der Waals surface area contributed by atoms with Gasteiger partial charge in [0.05, 0.1) is 11.2 Å². The van der Waals surface area contributed by atoms with Crippen molar-refractivity contribution in [2.75, 3.05) is 5.75 Å². The lowest BCUT2D eigenvalue weighted by Gasteiger charge is -2.32. The van der Waals surface area contributed by atoms with Crippen molar-refractivity contribution in [1.29, 1.82) is 0 Å². The molecule has 0 spiro atoms. The summed E-state index contributed by atoms with van der Waals surface area (Å²) in [5.74, 6) is 1.32. The van der Waals surface area contributed by atoms with Crippen LogP contribution in [0, 0.1) is 6.92 Å². The minimum Gasteiger partial charge on any atom is -0.400 e. The Morgan fingerprint density at radius 1 is 1.20 bits per heavy atom. The molecule has 0 saturated carbocycles. The maximum atomic E-state index is 6.03. The van der Waals surface area contributed by atoms with E-state index in [0.717, 1.165) is 16.9 Å². The van der Waals surface area contributed by atoms with Gasteiger partial charge in [0.1, 0.15) is 5.82 Å². The molecule has 0 amide bonds. The maximum Gasteiger partial charge on any atom is 0.491 e. The maximum absolute atomic E-state index is 6.03. The first-order chi connectivity index (χ1) is 9.25. The lowest BCUT2D eigenvalue weighted by Crippen LogP contribution is -2.41. The second kappa shape index (κ2) is 5.50. The van der Waals surface area contributed by atoms with E-state index >= 15 is 0 Å². The molecule has 1 aromatic rings. The molecule has 0 bridgehead atoms. The molecule has 1 aliphatic heterocycles. The summed E-state index contributed by atoms with van der Waals surface area (Å²) >= 11 is 4.39. The Hall–Kier alpha value is -0.845. The molecular formula is C14H21BN2O2S. The highest BCUT2D eigenvalue weighted by Gasteiger charge is 2.52. The molecule has 0 aromatic carbocycles. The average Bonchev–Trinajstić information content (AvgIpc) is 2.57. The van der Waals surface area contributed by atoms with Crippen LogP contribution in [0.3, 0.4) is 0 Å². The molecule has 108 valence electrons. The van der Waals surface area contributed by atoms with Crippen LogP contribution < -0.4 is 0 Å². The molecule has 4 nitrogen and oxygen atoms in total. The summed E-state index contributed by atoms with van der Waals surface area (Å²) in [6, 6.07) is 0. The molecule has 2 rings (SSSR count). The van der Waals surface area contributed by atoms with Gasteiger partial charge < -0.3 is 9.31 Å². The molecular weight excluding hydrogens is 271 g/mol. The Balaban J connectivity index is 2.24. The Labute approximate surface area is 126 Å². The van der Waals surface area contributed by atoms with Crippen LogP contribution in [0.25, 0.3) is 6.08 Å². The second-order valence-corrected chi connectivity index (χ2v) is 6.35. The molecule has 0 aliphatic carbocycles. The Bertz CT molecular complexity index is 498. The second-order valence-electron chi connectivity index (χ2n) is 6.03. The summed E-state index contributed by atoms with van der Waals surface area (Å²) in [6.07, 6.45) is 5.56. The van der Waals surface area contributed by atoms with Gasteiger partial charge in [-0.25, -0.2) is 9.97 Å². The predicted molar refractivity (Wildman–Crippen MR) is 84.7 cm³/mol. The lowest BCUT2D eigenvalue weighted by atomic mass is 9.78. The Kier molecular flexibility index (Phi) is 4.28. The van der Waals surface area contributed by atoms with E-state index in [-0.39, 0.29) is 18.3 Å². The van der Waals surface area contributed by atoms with Gasteiger partial charge in [-0.2, -0.15) is 12.6 Å². The van der Waals surface area contributed by atoms with Crippen LogP contribution in [0.15, 0.2) is 17.9 Å². The smallest absolute Gasteiger partial charge is 0.400 e. The quantitative estimate of drug-likeness (QED) is 0.687. The standard InChI is InChI=1S/C14H21BN2O2S/c1-10-16-7-11(8-17-10)6-12(9-20)15-18-13(2,3)14(4,5)19-15/h6-8,20H,9H2,1-5H3. The molecule has 0 radical (unpaired) electrons. The van der Waals surface area contributed by atoms with Gasteiger partial charge in [-0.3, -0.25) is 0 Å². The number of thiol groups is 1. The van der Waals surface area contributed by atoms with Crippen molar-refractivity contribution in [1.82, 2.24) is 9.97 Å². The van der Waals surface area contributed by atoms with E-state index in [1.165, 1.54) is 0 Å². The molecule has 0 unspecified atom stereocenters. The van der Waals surface area contributed by atoms with Crippen molar-refractivity contribution in [3.8, 4) is 0 Å². The van der Waals surface area contributed by atoms with Gasteiger partial charge in [0.15, 0.2) is 0 Å². The van der Waals surface area contributed by atoms with E-state index in [0.29, 0.717) is 5.75 Å². The Morgan fingerprint density at radius 2 is 1.70 bits per heavy atom. The normalized spacial score (nSPS) is 21.3. The number of hydrogen-bond acceptors (Lipinski definition) is 5. The van der Waals surface area contributed by atoms with Crippen molar-refractivity contribution >= 4 is 25.8 Å². The van der Waals surface area contributed by atoms with Gasteiger partial charge in [0, 0.05) is 23.7 Å². The monoisotopic (exact) mass is 292 g/mol. The van der Waals surface area contributed by atoms with Gasteiger partial charge in [0.2, 0.25) is 0 Å². The van der Waals surface area contributed by atoms with Gasteiger partial charge >= 0.3 is 7.12 Å². The molecule has 1 saturated heterocycles. The zero-order chi connectivity index (χ0) is 15.0. The number of aryl methyl sites for hydroxylation is 1. The largest absolute Gasteiger partial charge is 0.491 e. The van der Waals surface area contributed by atoms with E-state index in [4.69, 9.17) is 9.31 Å². The highest BCUT2D eigenvalue weighted by Crippen LogP contribution is 2.38. The van der Waals surface area contributed by atoms with Crippen molar-refractivity contribution in [2.24, 2.45) is 0 Å². The van der Waals surface area contributed by atoms with Crippen LogP contribution in [-0.2, 0) is 9.31 Å². The number of rotatable bonds is 3. The summed E-state index contributed by atoms with van der Waals surface area (Å²) in [5.41, 5.74) is 1.21. The highest BCUT2D eigenvalue weighted by atomic mass is 32.1. The first kappa shape index (κ1) is 15.5. The molecule has 1 fully saturated rings. The van der Waals surface area contributed by atoms with E-state index in [1.54, 1.807) is 12.4 Å². The molecule has 6 heteroatoms. The van der Waals surface area contributed by atoms with Crippen molar-refractivity contribution in [3.05, 3.63) is 29.3 Å². The third kappa shape index (κ3) is 3.08. The number of aromatic nitrogens is 2. The number of nitrogens with zero attached hydrogens (tertiary/aromatic N) is 2. The average molecular weight is 292 g/mol. The summed E-state index contributed by atoms with van der Waals surface area (Å²) in [5, 5.41) is 0. The van der Waals surface area contributed by atoms with Crippen LogP contribution in [0.5, 0.6) is 0 Å². The lowest BCUT2D eigenvalue weighted by molar-refractivity contribution is 0.00578. The first-order valence-corrected chi connectivity index (χ1v) is 7.34. The fraction of sp³-hybridized carbons (Fsp3) is 0.571. The zero-order valence-electron chi connectivity index (χ0n) is 12.7. The van der Waals surface area contributed by atoms with E-state index in [2.05, 4.69) is 22.6 Å². The van der Waals surface area contributed by atoms with Crippen LogP contribution in [0.4, 0.5) is 0 Å². The fourth-order valence-corrected chi connectivity index (χ4v) is 2.11. The summed E-state index contributed by atoms with van der Waals surface area (Å²) in [6.45, 7) is 10.0. The molecule has 0 N–H and O–H groups in total. The van der Waals surface area contributed by atoms with Crippen molar-refractivity contribution < 1.29 is 9.31 Å². The summed E-state index contributed by atoms with van der Waals surface area (Å²) in [4.78, 5) is 8.38. The van der Waals surface area contributed by atoms with Gasteiger partial charge in [-0.1, -0.05) is 6.08 Å². The SMILES string of the molecule is Cc1ncc(C=C(CS)B2OC(C)(C)C(C)(C)O2)cn1. The van der Waals surface area contributed by atoms with Crippen LogP contribution in [-0.4, -0.2) is 34.0 Å². The summed E-state index contributed by atoms with van der Waals surface area (Å²) in [7, 11) is -0.376. The minimum atomic E-state index is -0.376. The van der Waals surface area contributed by atoms with Crippen LogP contribution in [0.1, 0.15) is 39.1 Å². The molecule has 1 aliphatic rings. The van der Waals surface area contributed by atoms with Gasteiger partial charge in [0.25, 0.3) is 0 Å². The molecule has 0 atom stereocenters. The Morgan fingerprint density at radius 3 is 2.15 bits per heavy atom. The van der Waals surface area contributed by atoms with Gasteiger partial charge in [-0.15, -0.1) is 0 Å². The van der Waals surface area contributed by atoms with E-state index in [9.17, 15) is 0 Å².